The Labute approximate surface area is 189 Å². The van der Waals surface area contributed by atoms with Gasteiger partial charge in [-0.1, -0.05) is 18.2 Å². The van der Waals surface area contributed by atoms with E-state index in [9.17, 15) is 14.7 Å². The number of nitrogens with one attached hydrogen (secondary N) is 1. The zero-order valence-electron chi connectivity index (χ0n) is 18.2. The molecule has 3 aromatic heterocycles. The molecule has 0 aliphatic carbocycles. The first-order valence-corrected chi connectivity index (χ1v) is 10.8. The summed E-state index contributed by atoms with van der Waals surface area (Å²) < 4.78 is 16.4. The third-order valence-electron chi connectivity index (χ3n) is 6.10. The highest BCUT2D eigenvalue weighted by molar-refractivity contribution is 5.85. The topological polar surface area (TPSA) is 109 Å². The van der Waals surface area contributed by atoms with Crippen molar-refractivity contribution in [3.05, 3.63) is 87.5 Å². The quantitative estimate of drug-likeness (QED) is 0.466. The average molecular weight is 448 g/mol. The van der Waals surface area contributed by atoms with Crippen molar-refractivity contribution in [2.75, 3.05) is 13.7 Å². The Hall–Kier alpha value is -3.78. The smallest absolute Gasteiger partial charge is 0.227 e. The minimum Gasteiger partial charge on any atom is -0.502 e. The van der Waals surface area contributed by atoms with E-state index < -0.39 is 17.1 Å². The highest BCUT2D eigenvalue weighted by Gasteiger charge is 2.31. The SMILES string of the molecule is COCc1cc(=O)c(O)c([C@@H](CC(=O)N2CCc3c([nH]c4ccccc34)C2)c2ccco2)o1. The van der Waals surface area contributed by atoms with E-state index in [0.29, 0.717) is 18.8 Å². The summed E-state index contributed by atoms with van der Waals surface area (Å²) in [7, 11) is 1.48. The number of furan rings is 1. The maximum Gasteiger partial charge on any atom is 0.227 e. The lowest BCUT2D eigenvalue weighted by molar-refractivity contribution is -0.132. The molecular weight excluding hydrogens is 424 g/mol. The number of aromatic hydroxyl groups is 1. The van der Waals surface area contributed by atoms with Gasteiger partial charge in [-0.2, -0.15) is 0 Å². The van der Waals surface area contributed by atoms with Gasteiger partial charge in [0.2, 0.25) is 17.1 Å². The number of carbonyl (C=O) groups excluding carboxylic acids is 1. The largest absolute Gasteiger partial charge is 0.502 e. The predicted octanol–water partition coefficient (Wildman–Crippen LogP) is 3.67. The van der Waals surface area contributed by atoms with Crippen LogP contribution < -0.4 is 5.43 Å². The fourth-order valence-corrected chi connectivity index (χ4v) is 4.53. The van der Waals surface area contributed by atoms with Crippen LogP contribution in [0.1, 0.15) is 40.9 Å². The number of aromatic amines is 1. The lowest BCUT2D eigenvalue weighted by Gasteiger charge is -2.28. The van der Waals surface area contributed by atoms with Crippen LogP contribution in [0.5, 0.6) is 5.75 Å². The summed E-state index contributed by atoms with van der Waals surface area (Å²) in [5, 5.41) is 11.7. The van der Waals surface area contributed by atoms with Crippen LogP contribution >= 0.6 is 0 Å². The van der Waals surface area contributed by atoms with Gasteiger partial charge in [0.15, 0.2) is 5.76 Å². The van der Waals surface area contributed by atoms with E-state index in [1.807, 2.05) is 18.2 Å². The van der Waals surface area contributed by atoms with Crippen LogP contribution in [0.3, 0.4) is 0 Å². The van der Waals surface area contributed by atoms with Crippen molar-refractivity contribution in [2.24, 2.45) is 0 Å². The second kappa shape index (κ2) is 8.63. The number of para-hydroxylation sites is 1. The van der Waals surface area contributed by atoms with E-state index in [4.69, 9.17) is 13.6 Å². The van der Waals surface area contributed by atoms with Crippen molar-refractivity contribution >= 4 is 16.8 Å². The minimum atomic E-state index is -0.749. The molecule has 0 bridgehead atoms. The molecule has 1 atom stereocenters. The van der Waals surface area contributed by atoms with E-state index >= 15 is 0 Å². The van der Waals surface area contributed by atoms with E-state index in [1.165, 1.54) is 30.4 Å². The predicted molar refractivity (Wildman–Crippen MR) is 120 cm³/mol. The van der Waals surface area contributed by atoms with Gasteiger partial charge >= 0.3 is 0 Å². The standard InChI is InChI=1S/C25H24N2O6/c1-31-14-15-11-21(28)24(30)25(33-15)18(22-7-4-10-32-22)12-23(29)27-9-8-17-16-5-2-3-6-19(16)26-20(17)13-27/h2-7,10-11,18,26,30H,8-9,12-14H2,1H3/t18-/m0/s1. The zero-order valence-corrected chi connectivity index (χ0v) is 18.2. The zero-order chi connectivity index (χ0) is 22.9. The van der Waals surface area contributed by atoms with Crippen LogP contribution in [-0.4, -0.2) is 34.6 Å². The molecule has 0 unspecified atom stereocenters. The number of ether oxygens (including phenoxy) is 1. The maximum absolute atomic E-state index is 13.4. The number of hydrogen-bond acceptors (Lipinski definition) is 6. The molecule has 0 spiro atoms. The van der Waals surface area contributed by atoms with Crippen molar-refractivity contribution in [2.45, 2.75) is 31.9 Å². The molecule has 170 valence electrons. The van der Waals surface area contributed by atoms with Gasteiger partial charge in [0, 0.05) is 42.7 Å². The second-order valence-corrected chi connectivity index (χ2v) is 8.19. The van der Waals surface area contributed by atoms with Gasteiger partial charge in [-0.25, -0.2) is 0 Å². The molecule has 8 nitrogen and oxygen atoms in total. The summed E-state index contributed by atoms with van der Waals surface area (Å²) in [6.07, 6.45) is 2.22. The minimum absolute atomic E-state index is 0.00107. The molecule has 4 aromatic rings. The number of rotatable bonds is 6. The molecule has 0 fully saturated rings. The molecule has 8 heteroatoms. The Morgan fingerprint density at radius 3 is 2.91 bits per heavy atom. The highest BCUT2D eigenvalue weighted by atomic mass is 16.5. The van der Waals surface area contributed by atoms with Crippen molar-refractivity contribution in [1.29, 1.82) is 0 Å². The summed E-state index contributed by atoms with van der Waals surface area (Å²) in [6.45, 7) is 1.11. The van der Waals surface area contributed by atoms with Gasteiger partial charge in [-0.3, -0.25) is 9.59 Å². The molecule has 33 heavy (non-hydrogen) atoms. The molecule has 1 aliphatic heterocycles. The molecular formula is C25H24N2O6. The van der Waals surface area contributed by atoms with Crippen LogP contribution in [0.25, 0.3) is 10.9 Å². The number of methoxy groups -OCH3 is 1. The number of H-pyrrole nitrogens is 1. The number of fused-ring (bicyclic) bond motifs is 3. The fourth-order valence-electron chi connectivity index (χ4n) is 4.53. The Balaban J connectivity index is 1.44. The Bertz CT molecular complexity index is 1350. The van der Waals surface area contributed by atoms with E-state index in [0.717, 1.165) is 17.6 Å². The molecule has 1 aliphatic rings. The van der Waals surface area contributed by atoms with Crippen molar-refractivity contribution in [3.63, 3.8) is 0 Å². The molecule has 5 rings (SSSR count). The summed E-state index contributed by atoms with van der Waals surface area (Å²) in [4.78, 5) is 30.9. The third kappa shape index (κ3) is 3.93. The van der Waals surface area contributed by atoms with Crippen LogP contribution in [0.4, 0.5) is 0 Å². The number of hydrogen-bond donors (Lipinski definition) is 2. The Kier molecular flexibility index (Phi) is 5.51. The number of aromatic nitrogens is 1. The number of nitrogens with zero attached hydrogens (tertiary/aromatic N) is 1. The average Bonchev–Trinajstić information content (AvgIpc) is 3.47. The number of carbonyl (C=O) groups is 1. The molecule has 4 heterocycles. The highest BCUT2D eigenvalue weighted by Crippen LogP contribution is 2.35. The van der Waals surface area contributed by atoms with Gasteiger partial charge in [0.25, 0.3) is 0 Å². The fraction of sp³-hybridized carbons (Fsp3) is 0.280. The second-order valence-electron chi connectivity index (χ2n) is 8.19. The first kappa shape index (κ1) is 21.1. The van der Waals surface area contributed by atoms with Crippen molar-refractivity contribution in [3.8, 4) is 5.75 Å². The van der Waals surface area contributed by atoms with Gasteiger partial charge in [-0.15, -0.1) is 0 Å². The molecule has 2 N–H and O–H groups in total. The summed E-state index contributed by atoms with van der Waals surface area (Å²) in [6, 6.07) is 12.7. The van der Waals surface area contributed by atoms with Crippen molar-refractivity contribution < 1.29 is 23.5 Å². The molecule has 1 aromatic carbocycles. The van der Waals surface area contributed by atoms with Crippen LogP contribution in [0.15, 0.2) is 62.4 Å². The summed E-state index contributed by atoms with van der Waals surface area (Å²) in [5.41, 5.74) is 2.75. The van der Waals surface area contributed by atoms with E-state index in [2.05, 4.69) is 11.1 Å². The lowest BCUT2D eigenvalue weighted by Crippen LogP contribution is -2.36. The summed E-state index contributed by atoms with van der Waals surface area (Å²) >= 11 is 0. The normalized spacial score (nSPS) is 14.4. The van der Waals surface area contributed by atoms with Crippen LogP contribution in [0.2, 0.25) is 0 Å². The molecule has 0 saturated carbocycles. The van der Waals surface area contributed by atoms with Gasteiger partial charge in [-0.05, 0) is 30.2 Å². The maximum atomic E-state index is 13.4. The monoisotopic (exact) mass is 448 g/mol. The van der Waals surface area contributed by atoms with Gasteiger partial charge in [0.1, 0.15) is 18.1 Å². The van der Waals surface area contributed by atoms with Crippen LogP contribution in [-0.2, 0) is 29.1 Å². The Morgan fingerprint density at radius 1 is 1.27 bits per heavy atom. The van der Waals surface area contributed by atoms with Crippen molar-refractivity contribution in [1.82, 2.24) is 9.88 Å². The Morgan fingerprint density at radius 2 is 2.12 bits per heavy atom. The molecule has 1 amide bonds. The van der Waals surface area contributed by atoms with Crippen LogP contribution in [0, 0.1) is 0 Å². The van der Waals surface area contributed by atoms with E-state index in [-0.39, 0.29) is 30.5 Å². The summed E-state index contributed by atoms with van der Waals surface area (Å²) in [5.74, 6) is -0.706. The third-order valence-corrected chi connectivity index (χ3v) is 6.10. The first-order chi connectivity index (χ1) is 16.0. The van der Waals surface area contributed by atoms with E-state index in [1.54, 1.807) is 17.0 Å². The molecule has 0 radical (unpaired) electrons. The van der Waals surface area contributed by atoms with Gasteiger partial charge in [0.05, 0.1) is 18.7 Å². The number of benzene rings is 1. The number of amides is 1. The lowest BCUT2D eigenvalue weighted by atomic mass is 9.96. The van der Waals surface area contributed by atoms with Gasteiger partial charge < -0.3 is 28.6 Å². The molecule has 0 saturated heterocycles. The first-order valence-electron chi connectivity index (χ1n) is 10.8.